The molecule has 0 fully saturated rings. The number of nitrogens with one attached hydrogen (secondary N) is 1. The molecular weight excluding hydrogens is 322 g/mol. The van der Waals surface area contributed by atoms with Gasteiger partial charge in [-0.3, -0.25) is 4.98 Å². The summed E-state index contributed by atoms with van der Waals surface area (Å²) in [6, 6.07) is 4.03. The summed E-state index contributed by atoms with van der Waals surface area (Å²) in [7, 11) is 0. The van der Waals surface area contributed by atoms with Crippen LogP contribution in [0.3, 0.4) is 0 Å². The van der Waals surface area contributed by atoms with Gasteiger partial charge in [-0.2, -0.15) is 0 Å². The first-order valence-electron chi connectivity index (χ1n) is 9.31. The lowest BCUT2D eigenvalue weighted by molar-refractivity contribution is 0.262. The maximum atomic E-state index is 10.1. The lowest BCUT2D eigenvalue weighted by Crippen LogP contribution is -2.35. The van der Waals surface area contributed by atoms with Gasteiger partial charge in [0.25, 0.3) is 0 Å². The Morgan fingerprint density at radius 3 is 2.19 bits per heavy atom. The Bertz CT molecular complexity index is 909. The van der Waals surface area contributed by atoms with Gasteiger partial charge in [0.05, 0.1) is 29.4 Å². The van der Waals surface area contributed by atoms with Gasteiger partial charge in [0.1, 0.15) is 0 Å². The van der Waals surface area contributed by atoms with Crippen molar-refractivity contribution in [3.8, 4) is 0 Å². The van der Waals surface area contributed by atoms with Crippen molar-refractivity contribution in [2.24, 2.45) is 0 Å². The zero-order valence-electron chi connectivity index (χ0n) is 16.6. The zero-order valence-corrected chi connectivity index (χ0v) is 16.6. The Labute approximate surface area is 155 Å². The Balaban J connectivity index is 2.36. The van der Waals surface area contributed by atoms with E-state index in [2.05, 4.69) is 56.4 Å². The lowest BCUT2D eigenvalue weighted by Gasteiger charge is -2.36. The maximum Gasteiger partial charge on any atom is 0.0900 e. The number of anilines is 2. The van der Waals surface area contributed by atoms with Crippen LogP contribution in [0.2, 0.25) is 0 Å². The minimum absolute atomic E-state index is 0.00260. The van der Waals surface area contributed by atoms with Crippen LogP contribution in [0, 0.1) is 34.6 Å². The Morgan fingerprint density at radius 1 is 1.00 bits per heavy atom. The van der Waals surface area contributed by atoms with Gasteiger partial charge in [0, 0.05) is 18.1 Å². The molecule has 2 heterocycles. The molecule has 0 bridgehead atoms. The average Bonchev–Trinajstić information content (AvgIpc) is 3.13. The van der Waals surface area contributed by atoms with Crippen LogP contribution in [0.15, 0.2) is 24.5 Å². The molecule has 0 amide bonds. The Hall–Kier alpha value is -2.33. The molecule has 1 unspecified atom stereocenters. The second kappa shape index (κ2) is 7.12. The Morgan fingerprint density at radius 2 is 1.62 bits per heavy atom. The summed E-state index contributed by atoms with van der Waals surface area (Å²) in [5, 5.41) is 10.1. The van der Waals surface area contributed by atoms with Crippen molar-refractivity contribution in [3.05, 3.63) is 52.3 Å². The molecule has 0 saturated heterocycles. The molecule has 26 heavy (non-hydrogen) atoms. The van der Waals surface area contributed by atoms with Crippen LogP contribution >= 0.6 is 0 Å². The summed E-state index contributed by atoms with van der Waals surface area (Å²) in [6.07, 6.45) is 4.62. The monoisotopic (exact) mass is 351 g/mol. The van der Waals surface area contributed by atoms with E-state index in [4.69, 9.17) is 0 Å². The summed E-state index contributed by atoms with van der Waals surface area (Å²) in [5.41, 5.74) is 10.7. The first-order valence-corrected chi connectivity index (χ1v) is 9.31. The summed E-state index contributed by atoms with van der Waals surface area (Å²) in [6.45, 7) is 13.2. The number of rotatable bonds is 5. The Kier molecular flexibility index (Phi) is 5.05. The maximum absolute atomic E-state index is 10.1. The summed E-state index contributed by atoms with van der Waals surface area (Å²) in [4.78, 5) is 10.1. The van der Waals surface area contributed by atoms with Gasteiger partial charge in [-0.05, 0) is 81.0 Å². The van der Waals surface area contributed by atoms with E-state index in [9.17, 15) is 5.11 Å². The van der Waals surface area contributed by atoms with Crippen LogP contribution in [0.4, 0.5) is 11.4 Å². The number of benzene rings is 1. The quantitative estimate of drug-likeness (QED) is 0.679. The van der Waals surface area contributed by atoms with Crippen LogP contribution in [-0.4, -0.2) is 27.7 Å². The second-order valence-electron chi connectivity index (χ2n) is 7.16. The van der Waals surface area contributed by atoms with E-state index in [0.29, 0.717) is 0 Å². The molecule has 2 N–H and O–H groups in total. The summed E-state index contributed by atoms with van der Waals surface area (Å²) < 4.78 is 0. The van der Waals surface area contributed by atoms with E-state index in [0.717, 1.165) is 23.1 Å². The number of pyridine rings is 1. The molecule has 4 nitrogen and oxygen atoms in total. The van der Waals surface area contributed by atoms with Crippen LogP contribution < -0.4 is 4.90 Å². The second-order valence-corrected chi connectivity index (χ2v) is 7.16. The highest BCUT2D eigenvalue weighted by molar-refractivity contribution is 5.92. The van der Waals surface area contributed by atoms with Crippen molar-refractivity contribution in [1.82, 2.24) is 9.97 Å². The molecule has 0 aliphatic carbocycles. The van der Waals surface area contributed by atoms with E-state index in [1.54, 1.807) is 0 Å². The fourth-order valence-corrected chi connectivity index (χ4v) is 3.88. The van der Waals surface area contributed by atoms with Gasteiger partial charge in [-0.15, -0.1) is 0 Å². The van der Waals surface area contributed by atoms with Crippen molar-refractivity contribution in [2.45, 2.75) is 54.0 Å². The first kappa shape index (κ1) is 18.5. The molecule has 0 spiro atoms. The van der Waals surface area contributed by atoms with Crippen LogP contribution in [0.25, 0.3) is 11.0 Å². The standard InChI is InChI=1S/C22H29N3O/c1-7-18(12-26)25(20-9-11-23-19-8-10-24-21(19)20)22-16(5)14(3)13(2)15(4)17(22)6/h8-11,18,24,26H,7,12H2,1-6H3. The summed E-state index contributed by atoms with van der Waals surface area (Å²) >= 11 is 0. The minimum Gasteiger partial charge on any atom is -0.394 e. The molecule has 1 aromatic carbocycles. The number of nitrogens with zero attached hydrogens (tertiary/aromatic N) is 2. The zero-order chi connectivity index (χ0) is 19.0. The van der Waals surface area contributed by atoms with Gasteiger partial charge in [-0.25, -0.2) is 0 Å². The predicted octanol–water partition coefficient (Wildman–Crippen LogP) is 5.01. The number of hydrogen-bond acceptors (Lipinski definition) is 3. The number of aliphatic hydroxyl groups is 1. The highest BCUT2D eigenvalue weighted by atomic mass is 16.3. The van der Waals surface area contributed by atoms with E-state index < -0.39 is 0 Å². The van der Waals surface area contributed by atoms with Crippen molar-refractivity contribution >= 4 is 22.4 Å². The third-order valence-corrected chi connectivity index (χ3v) is 5.94. The number of H-pyrrole nitrogens is 1. The van der Waals surface area contributed by atoms with Crippen molar-refractivity contribution in [2.75, 3.05) is 11.5 Å². The molecular formula is C22H29N3O. The highest BCUT2D eigenvalue weighted by Crippen LogP contribution is 2.40. The topological polar surface area (TPSA) is 52.1 Å². The smallest absolute Gasteiger partial charge is 0.0900 e. The largest absolute Gasteiger partial charge is 0.394 e. The molecule has 0 saturated carbocycles. The number of aromatic nitrogens is 2. The number of aliphatic hydroxyl groups excluding tert-OH is 1. The van der Waals surface area contributed by atoms with Gasteiger partial charge in [0.2, 0.25) is 0 Å². The molecule has 4 heteroatoms. The predicted molar refractivity (Wildman–Crippen MR) is 110 cm³/mol. The third-order valence-electron chi connectivity index (χ3n) is 5.94. The van der Waals surface area contributed by atoms with Crippen LogP contribution in [-0.2, 0) is 0 Å². The number of fused-ring (bicyclic) bond motifs is 1. The summed E-state index contributed by atoms with van der Waals surface area (Å²) in [5.74, 6) is 0. The van der Waals surface area contributed by atoms with Crippen LogP contribution in [0.1, 0.15) is 41.2 Å². The highest BCUT2D eigenvalue weighted by Gasteiger charge is 2.26. The molecule has 3 rings (SSSR count). The van der Waals surface area contributed by atoms with Crippen molar-refractivity contribution < 1.29 is 5.11 Å². The van der Waals surface area contributed by atoms with Gasteiger partial charge >= 0.3 is 0 Å². The van der Waals surface area contributed by atoms with Gasteiger partial charge in [-0.1, -0.05) is 6.92 Å². The first-order chi connectivity index (χ1) is 12.4. The van der Waals surface area contributed by atoms with Crippen LogP contribution in [0.5, 0.6) is 0 Å². The number of aromatic amines is 1. The number of hydrogen-bond donors (Lipinski definition) is 2. The molecule has 1 atom stereocenters. The van der Waals surface area contributed by atoms with Gasteiger partial charge in [0.15, 0.2) is 0 Å². The lowest BCUT2D eigenvalue weighted by atomic mass is 9.91. The van der Waals surface area contributed by atoms with E-state index in [-0.39, 0.29) is 12.6 Å². The molecule has 3 aromatic rings. The minimum atomic E-state index is 0.00260. The third kappa shape index (κ3) is 2.78. The normalized spacial score (nSPS) is 12.6. The van der Waals surface area contributed by atoms with Crippen molar-refractivity contribution in [1.29, 1.82) is 0 Å². The van der Waals surface area contributed by atoms with E-state index in [1.807, 2.05) is 24.5 Å². The van der Waals surface area contributed by atoms with E-state index >= 15 is 0 Å². The fraction of sp³-hybridized carbons (Fsp3) is 0.409. The molecule has 0 aliphatic heterocycles. The van der Waals surface area contributed by atoms with E-state index in [1.165, 1.54) is 33.5 Å². The van der Waals surface area contributed by atoms with Gasteiger partial charge < -0.3 is 15.0 Å². The molecule has 0 radical (unpaired) electrons. The average molecular weight is 351 g/mol. The molecule has 2 aromatic heterocycles. The molecule has 0 aliphatic rings. The van der Waals surface area contributed by atoms with Crippen molar-refractivity contribution in [3.63, 3.8) is 0 Å². The SMILES string of the molecule is CCC(CO)N(c1c(C)c(C)c(C)c(C)c1C)c1ccnc2cc[nH]c12. The fourth-order valence-electron chi connectivity index (χ4n) is 3.88. The molecule has 138 valence electrons.